The predicted molar refractivity (Wildman–Crippen MR) is 66.8 cm³/mol. The van der Waals surface area contributed by atoms with Crippen molar-refractivity contribution in [2.45, 2.75) is 25.5 Å². The Morgan fingerprint density at radius 2 is 2.24 bits per heavy atom. The SMILES string of the molecule is CCCO[C@@H](c1ccccc1)[C@@H]1COC(N)=N1. The fourth-order valence-corrected chi connectivity index (χ4v) is 1.88. The molecule has 0 aromatic heterocycles. The van der Waals surface area contributed by atoms with Gasteiger partial charge in [0.2, 0.25) is 0 Å². The maximum absolute atomic E-state index is 5.87. The van der Waals surface area contributed by atoms with Gasteiger partial charge in [-0.15, -0.1) is 0 Å². The van der Waals surface area contributed by atoms with Crippen LogP contribution >= 0.6 is 0 Å². The highest BCUT2D eigenvalue weighted by atomic mass is 16.5. The van der Waals surface area contributed by atoms with Crippen LogP contribution in [0.25, 0.3) is 0 Å². The van der Waals surface area contributed by atoms with Crippen molar-refractivity contribution in [2.24, 2.45) is 10.7 Å². The maximum Gasteiger partial charge on any atom is 0.282 e. The van der Waals surface area contributed by atoms with Crippen molar-refractivity contribution in [2.75, 3.05) is 13.2 Å². The zero-order valence-corrected chi connectivity index (χ0v) is 10.0. The third-order valence-electron chi connectivity index (χ3n) is 2.67. The lowest BCUT2D eigenvalue weighted by Crippen LogP contribution is -2.21. The standard InChI is InChI=1S/C13H18N2O2/c1-2-8-16-12(10-6-4-3-5-7-10)11-9-17-13(14)15-11/h3-7,11-12H,2,8-9H2,1H3,(H2,14,15)/t11-,12-/m0/s1. The lowest BCUT2D eigenvalue weighted by molar-refractivity contribution is 0.0294. The molecule has 1 aliphatic rings. The molecule has 2 atom stereocenters. The van der Waals surface area contributed by atoms with Crippen molar-refractivity contribution in [1.82, 2.24) is 0 Å². The Labute approximate surface area is 101 Å². The topological polar surface area (TPSA) is 56.8 Å². The van der Waals surface area contributed by atoms with Crippen LogP contribution in [0.15, 0.2) is 35.3 Å². The van der Waals surface area contributed by atoms with Gasteiger partial charge in [-0.25, -0.2) is 4.99 Å². The van der Waals surface area contributed by atoms with E-state index < -0.39 is 0 Å². The van der Waals surface area contributed by atoms with Gasteiger partial charge >= 0.3 is 0 Å². The smallest absolute Gasteiger partial charge is 0.282 e. The summed E-state index contributed by atoms with van der Waals surface area (Å²) in [6.45, 7) is 3.30. The summed E-state index contributed by atoms with van der Waals surface area (Å²) in [4.78, 5) is 4.27. The zero-order valence-electron chi connectivity index (χ0n) is 10.0. The summed E-state index contributed by atoms with van der Waals surface area (Å²) in [5.41, 5.74) is 6.66. The molecule has 1 heterocycles. The third kappa shape index (κ3) is 2.97. The molecule has 1 aromatic carbocycles. The zero-order chi connectivity index (χ0) is 12.1. The van der Waals surface area contributed by atoms with Gasteiger partial charge in [0.1, 0.15) is 18.8 Å². The second kappa shape index (κ2) is 5.68. The molecule has 1 aliphatic heterocycles. The number of benzene rings is 1. The second-order valence-corrected chi connectivity index (χ2v) is 4.05. The highest BCUT2D eigenvalue weighted by Crippen LogP contribution is 2.26. The highest BCUT2D eigenvalue weighted by Gasteiger charge is 2.28. The fraction of sp³-hybridized carbons (Fsp3) is 0.462. The molecule has 0 bridgehead atoms. The molecule has 4 nitrogen and oxygen atoms in total. The van der Waals surface area contributed by atoms with Crippen LogP contribution in [-0.4, -0.2) is 25.3 Å². The average molecular weight is 234 g/mol. The first-order valence-corrected chi connectivity index (χ1v) is 5.94. The number of hydrogen-bond acceptors (Lipinski definition) is 4. The van der Waals surface area contributed by atoms with E-state index in [9.17, 15) is 0 Å². The van der Waals surface area contributed by atoms with Gasteiger partial charge in [-0.05, 0) is 12.0 Å². The summed E-state index contributed by atoms with van der Waals surface area (Å²) in [5.74, 6) is 0. The molecule has 2 rings (SSSR count). The highest BCUT2D eigenvalue weighted by molar-refractivity contribution is 5.73. The Bertz CT molecular complexity index is 378. The predicted octanol–water partition coefficient (Wildman–Crippen LogP) is 1.87. The van der Waals surface area contributed by atoms with Crippen LogP contribution in [0.2, 0.25) is 0 Å². The van der Waals surface area contributed by atoms with Crippen molar-refractivity contribution < 1.29 is 9.47 Å². The van der Waals surface area contributed by atoms with Gasteiger partial charge in [-0.3, -0.25) is 0 Å². The van der Waals surface area contributed by atoms with Crippen LogP contribution < -0.4 is 5.73 Å². The summed E-state index contributed by atoms with van der Waals surface area (Å²) in [6, 6.07) is 10.3. The van der Waals surface area contributed by atoms with E-state index in [1.807, 2.05) is 30.3 Å². The normalized spacial score (nSPS) is 20.8. The molecule has 0 saturated heterocycles. The van der Waals surface area contributed by atoms with Gasteiger partial charge in [-0.1, -0.05) is 37.3 Å². The minimum Gasteiger partial charge on any atom is -0.463 e. The Hall–Kier alpha value is -1.55. The summed E-state index contributed by atoms with van der Waals surface area (Å²) in [5, 5.41) is 0. The number of nitrogens with zero attached hydrogens (tertiary/aromatic N) is 1. The molecule has 0 fully saturated rings. The van der Waals surface area contributed by atoms with E-state index in [1.54, 1.807) is 0 Å². The summed E-state index contributed by atoms with van der Waals surface area (Å²) in [6.07, 6.45) is 0.910. The molecule has 0 amide bonds. The first-order chi connectivity index (χ1) is 8.31. The Balaban J connectivity index is 2.14. The van der Waals surface area contributed by atoms with Gasteiger partial charge in [-0.2, -0.15) is 0 Å². The van der Waals surface area contributed by atoms with Crippen molar-refractivity contribution in [3.05, 3.63) is 35.9 Å². The molecule has 17 heavy (non-hydrogen) atoms. The Kier molecular flexibility index (Phi) is 3.98. The van der Waals surface area contributed by atoms with Crippen LogP contribution in [0.3, 0.4) is 0 Å². The molecular formula is C13H18N2O2. The summed E-state index contributed by atoms with van der Waals surface area (Å²) >= 11 is 0. The van der Waals surface area contributed by atoms with E-state index in [0.29, 0.717) is 13.2 Å². The molecule has 0 radical (unpaired) electrons. The first kappa shape index (κ1) is 11.9. The Morgan fingerprint density at radius 1 is 1.47 bits per heavy atom. The van der Waals surface area contributed by atoms with Crippen molar-refractivity contribution in [3.8, 4) is 0 Å². The lowest BCUT2D eigenvalue weighted by Gasteiger charge is -2.21. The van der Waals surface area contributed by atoms with E-state index in [1.165, 1.54) is 0 Å². The minimum atomic E-state index is -0.0720. The second-order valence-electron chi connectivity index (χ2n) is 4.05. The number of amidine groups is 1. The average Bonchev–Trinajstić information content (AvgIpc) is 2.78. The van der Waals surface area contributed by atoms with Crippen LogP contribution in [-0.2, 0) is 9.47 Å². The number of aliphatic imine (C=N–C) groups is 1. The van der Waals surface area contributed by atoms with Gasteiger partial charge in [0.15, 0.2) is 0 Å². The summed E-state index contributed by atoms with van der Waals surface area (Å²) in [7, 11) is 0. The first-order valence-electron chi connectivity index (χ1n) is 5.94. The van der Waals surface area contributed by atoms with Gasteiger partial charge in [0.25, 0.3) is 6.02 Å². The molecule has 0 saturated carbocycles. The number of nitrogens with two attached hydrogens (primary N) is 1. The quantitative estimate of drug-likeness (QED) is 0.846. The monoisotopic (exact) mass is 234 g/mol. The van der Waals surface area contributed by atoms with E-state index in [2.05, 4.69) is 11.9 Å². The van der Waals surface area contributed by atoms with Crippen molar-refractivity contribution in [1.29, 1.82) is 0 Å². The minimum absolute atomic E-state index is 0.0380. The molecule has 0 spiro atoms. The van der Waals surface area contributed by atoms with Crippen molar-refractivity contribution in [3.63, 3.8) is 0 Å². The van der Waals surface area contributed by atoms with Crippen LogP contribution in [0.1, 0.15) is 25.0 Å². The molecule has 1 aromatic rings. The van der Waals surface area contributed by atoms with E-state index >= 15 is 0 Å². The van der Waals surface area contributed by atoms with Crippen LogP contribution in [0.5, 0.6) is 0 Å². The van der Waals surface area contributed by atoms with Gasteiger partial charge in [0.05, 0.1) is 0 Å². The number of ether oxygens (including phenoxy) is 2. The lowest BCUT2D eigenvalue weighted by atomic mass is 10.0. The molecule has 0 unspecified atom stereocenters. The molecule has 0 aliphatic carbocycles. The molecule has 4 heteroatoms. The van der Waals surface area contributed by atoms with Crippen LogP contribution in [0, 0.1) is 0 Å². The largest absolute Gasteiger partial charge is 0.463 e. The number of hydrogen-bond donors (Lipinski definition) is 1. The Morgan fingerprint density at radius 3 is 2.82 bits per heavy atom. The maximum atomic E-state index is 5.87. The molecule has 2 N–H and O–H groups in total. The number of rotatable bonds is 5. The van der Waals surface area contributed by atoms with Gasteiger partial charge < -0.3 is 15.2 Å². The van der Waals surface area contributed by atoms with E-state index in [4.69, 9.17) is 15.2 Å². The third-order valence-corrected chi connectivity index (χ3v) is 2.67. The van der Waals surface area contributed by atoms with Crippen LogP contribution in [0.4, 0.5) is 0 Å². The summed E-state index contributed by atoms with van der Waals surface area (Å²) < 4.78 is 11.1. The van der Waals surface area contributed by atoms with Crippen molar-refractivity contribution >= 4 is 6.02 Å². The van der Waals surface area contributed by atoms with E-state index in [0.717, 1.165) is 12.0 Å². The molecule has 92 valence electrons. The fourth-order valence-electron chi connectivity index (χ4n) is 1.88. The van der Waals surface area contributed by atoms with Gasteiger partial charge in [0, 0.05) is 6.61 Å². The van der Waals surface area contributed by atoms with E-state index in [-0.39, 0.29) is 18.2 Å². The molecular weight excluding hydrogens is 216 g/mol.